The van der Waals surface area contributed by atoms with Gasteiger partial charge in [-0.1, -0.05) is 25.7 Å². The van der Waals surface area contributed by atoms with E-state index in [2.05, 4.69) is 10.6 Å². The molecule has 0 unspecified atom stereocenters. The largest absolute Gasteiger partial charge is 0.493 e. The van der Waals surface area contributed by atoms with Crippen LogP contribution in [0.2, 0.25) is 0 Å². The topological polar surface area (TPSA) is 95.1 Å². The van der Waals surface area contributed by atoms with Crippen molar-refractivity contribution in [2.24, 2.45) is 0 Å². The van der Waals surface area contributed by atoms with Crippen molar-refractivity contribution >= 4 is 12.0 Å². The smallest absolute Gasteiger partial charge is 0.408 e. The van der Waals surface area contributed by atoms with Gasteiger partial charge < -0.3 is 29.6 Å². The maximum absolute atomic E-state index is 12.8. The van der Waals surface area contributed by atoms with Gasteiger partial charge in [-0.3, -0.25) is 4.79 Å². The zero-order valence-electron chi connectivity index (χ0n) is 20.3. The molecule has 1 aliphatic rings. The molecule has 1 aromatic carbocycles. The summed E-state index contributed by atoms with van der Waals surface area (Å²) in [6.45, 7) is 5.87. The number of methoxy groups -OCH3 is 3. The van der Waals surface area contributed by atoms with Crippen LogP contribution in [0, 0.1) is 0 Å². The molecule has 1 aliphatic carbocycles. The van der Waals surface area contributed by atoms with Gasteiger partial charge in [-0.2, -0.15) is 0 Å². The van der Waals surface area contributed by atoms with E-state index < -0.39 is 17.2 Å². The number of nitrogens with one attached hydrogen (secondary N) is 2. The Labute approximate surface area is 191 Å². The molecule has 0 atom stereocenters. The Morgan fingerprint density at radius 2 is 1.50 bits per heavy atom. The Hall–Kier alpha value is -2.64. The van der Waals surface area contributed by atoms with Gasteiger partial charge in [-0.25, -0.2) is 4.79 Å². The third-order valence-corrected chi connectivity index (χ3v) is 5.54. The van der Waals surface area contributed by atoms with Crippen molar-refractivity contribution in [1.29, 1.82) is 0 Å². The lowest BCUT2D eigenvalue weighted by atomic mass is 9.90. The Morgan fingerprint density at radius 3 is 1.97 bits per heavy atom. The summed E-state index contributed by atoms with van der Waals surface area (Å²) in [5.41, 5.74) is -0.345. The van der Waals surface area contributed by atoms with Gasteiger partial charge in [0, 0.05) is 6.54 Å². The number of carbonyl (C=O) groups excluding carboxylic acids is 2. The minimum atomic E-state index is -0.578. The molecule has 2 rings (SSSR count). The van der Waals surface area contributed by atoms with Crippen LogP contribution in [0.15, 0.2) is 12.1 Å². The third kappa shape index (κ3) is 7.50. The van der Waals surface area contributed by atoms with Gasteiger partial charge in [0.2, 0.25) is 11.7 Å². The van der Waals surface area contributed by atoms with E-state index in [1.807, 2.05) is 20.8 Å². The standard InChI is InChI=1S/C24H38N2O6/c1-23(2,3)32-22(28)26-24(11-9-7-8-10-12-24)16-25-20(27)15-17-13-18(29-4)21(31-6)19(14-17)30-5/h13-14H,7-12,15-16H2,1-6H3,(H,25,27)(H,26,28). The maximum atomic E-state index is 12.8. The highest BCUT2D eigenvalue weighted by molar-refractivity contribution is 5.79. The van der Waals surface area contributed by atoms with E-state index in [1.54, 1.807) is 26.4 Å². The van der Waals surface area contributed by atoms with Crippen molar-refractivity contribution in [3.63, 3.8) is 0 Å². The molecule has 0 aromatic heterocycles. The van der Waals surface area contributed by atoms with Gasteiger partial charge in [0.1, 0.15) is 5.60 Å². The number of hydrogen-bond acceptors (Lipinski definition) is 6. The van der Waals surface area contributed by atoms with Crippen LogP contribution in [0.4, 0.5) is 4.79 Å². The number of benzene rings is 1. The summed E-state index contributed by atoms with van der Waals surface area (Å²) >= 11 is 0. The Morgan fingerprint density at radius 1 is 0.938 bits per heavy atom. The molecular formula is C24H38N2O6. The van der Waals surface area contributed by atoms with Crippen LogP contribution < -0.4 is 24.8 Å². The van der Waals surface area contributed by atoms with Crippen molar-refractivity contribution in [2.45, 2.75) is 76.9 Å². The molecule has 2 amide bonds. The van der Waals surface area contributed by atoms with Gasteiger partial charge in [0.05, 0.1) is 33.3 Å². The normalized spacial score (nSPS) is 15.8. The molecular weight excluding hydrogens is 412 g/mol. The van der Waals surface area contributed by atoms with Crippen LogP contribution in [-0.4, -0.2) is 51.0 Å². The number of rotatable bonds is 8. The summed E-state index contributed by atoms with van der Waals surface area (Å²) in [4.78, 5) is 25.3. The van der Waals surface area contributed by atoms with Crippen LogP contribution in [-0.2, 0) is 16.0 Å². The molecule has 8 nitrogen and oxygen atoms in total. The lowest BCUT2D eigenvalue weighted by Gasteiger charge is -2.35. The summed E-state index contributed by atoms with van der Waals surface area (Å²) in [7, 11) is 4.62. The number of amides is 2. The van der Waals surface area contributed by atoms with Crippen molar-refractivity contribution in [1.82, 2.24) is 10.6 Å². The second kappa shape index (κ2) is 11.3. The number of hydrogen-bond donors (Lipinski definition) is 2. The minimum absolute atomic E-state index is 0.145. The second-order valence-corrected chi connectivity index (χ2v) is 9.31. The van der Waals surface area contributed by atoms with Crippen LogP contribution in [0.25, 0.3) is 0 Å². The van der Waals surface area contributed by atoms with E-state index >= 15 is 0 Å². The first-order valence-electron chi connectivity index (χ1n) is 11.2. The van der Waals surface area contributed by atoms with Crippen molar-refractivity contribution < 1.29 is 28.5 Å². The molecule has 0 spiro atoms. The molecule has 1 saturated carbocycles. The van der Waals surface area contributed by atoms with Crippen molar-refractivity contribution in [3.8, 4) is 17.2 Å². The van der Waals surface area contributed by atoms with Crippen LogP contribution in [0.5, 0.6) is 17.2 Å². The molecule has 32 heavy (non-hydrogen) atoms. The maximum Gasteiger partial charge on any atom is 0.408 e. The summed E-state index contributed by atoms with van der Waals surface area (Å²) in [5, 5.41) is 6.09. The summed E-state index contributed by atoms with van der Waals surface area (Å²) in [6.07, 6.45) is 5.55. The Balaban J connectivity index is 2.09. The van der Waals surface area contributed by atoms with E-state index in [9.17, 15) is 9.59 Å². The fourth-order valence-electron chi connectivity index (χ4n) is 4.02. The third-order valence-electron chi connectivity index (χ3n) is 5.54. The molecule has 180 valence electrons. The van der Waals surface area contributed by atoms with Crippen molar-refractivity contribution in [3.05, 3.63) is 17.7 Å². The summed E-state index contributed by atoms with van der Waals surface area (Å²) in [5.74, 6) is 1.34. The quantitative estimate of drug-likeness (QED) is 0.582. The molecule has 8 heteroatoms. The Kier molecular flexibility index (Phi) is 9.04. The van der Waals surface area contributed by atoms with Crippen molar-refractivity contribution in [2.75, 3.05) is 27.9 Å². The molecule has 0 aliphatic heterocycles. The fourth-order valence-corrected chi connectivity index (χ4v) is 4.02. The highest BCUT2D eigenvalue weighted by Gasteiger charge is 2.34. The predicted molar refractivity (Wildman–Crippen MR) is 123 cm³/mol. The van der Waals surface area contributed by atoms with Gasteiger partial charge in [0.15, 0.2) is 11.5 Å². The molecule has 0 bridgehead atoms. The first kappa shape index (κ1) is 25.6. The molecule has 0 radical (unpaired) electrons. The first-order chi connectivity index (χ1) is 15.1. The molecule has 1 aromatic rings. The van der Waals surface area contributed by atoms with Gasteiger partial charge in [0.25, 0.3) is 0 Å². The van der Waals surface area contributed by atoms with Gasteiger partial charge in [-0.05, 0) is 51.3 Å². The summed E-state index contributed by atoms with van der Waals surface area (Å²) in [6, 6.07) is 3.53. The minimum Gasteiger partial charge on any atom is -0.493 e. The van der Waals surface area contributed by atoms with Crippen LogP contribution in [0.1, 0.15) is 64.9 Å². The fraction of sp³-hybridized carbons (Fsp3) is 0.667. The highest BCUT2D eigenvalue weighted by atomic mass is 16.6. The SMILES string of the molecule is COc1cc(CC(=O)NCC2(NC(=O)OC(C)(C)C)CCCCCC2)cc(OC)c1OC. The lowest BCUT2D eigenvalue weighted by Crippen LogP contribution is -2.56. The van der Waals surface area contributed by atoms with E-state index in [0.29, 0.717) is 23.8 Å². The zero-order valence-corrected chi connectivity index (χ0v) is 20.3. The molecule has 0 saturated heterocycles. The number of ether oxygens (including phenoxy) is 4. The predicted octanol–water partition coefficient (Wildman–Crippen LogP) is 3.99. The van der Waals surface area contributed by atoms with Gasteiger partial charge in [-0.15, -0.1) is 0 Å². The average molecular weight is 451 g/mol. The first-order valence-corrected chi connectivity index (χ1v) is 11.2. The number of carbonyl (C=O) groups is 2. The average Bonchev–Trinajstić information content (AvgIpc) is 2.95. The lowest BCUT2D eigenvalue weighted by molar-refractivity contribution is -0.120. The zero-order chi connectivity index (χ0) is 23.8. The molecule has 1 fully saturated rings. The molecule has 0 heterocycles. The second-order valence-electron chi connectivity index (χ2n) is 9.31. The highest BCUT2D eigenvalue weighted by Crippen LogP contribution is 2.38. The monoisotopic (exact) mass is 450 g/mol. The summed E-state index contributed by atoms with van der Waals surface area (Å²) < 4.78 is 21.6. The van der Waals surface area contributed by atoms with Crippen LogP contribution in [0.3, 0.4) is 0 Å². The van der Waals surface area contributed by atoms with Gasteiger partial charge >= 0.3 is 6.09 Å². The van der Waals surface area contributed by atoms with E-state index in [4.69, 9.17) is 18.9 Å². The molecule has 2 N–H and O–H groups in total. The number of alkyl carbamates (subject to hydrolysis) is 1. The van der Waals surface area contributed by atoms with E-state index in [1.165, 1.54) is 7.11 Å². The van der Waals surface area contributed by atoms with E-state index in [-0.39, 0.29) is 12.3 Å². The van der Waals surface area contributed by atoms with E-state index in [0.717, 1.165) is 44.1 Å². The van der Waals surface area contributed by atoms with Crippen LogP contribution >= 0.6 is 0 Å². The Bertz CT molecular complexity index is 754.